The number of allylic oxidation sites excluding steroid dienone is 2. The number of hydrogen-bond acceptors (Lipinski definition) is 3. The average molecular weight is 368 g/mol. The topological polar surface area (TPSA) is 39.9 Å². The van der Waals surface area contributed by atoms with E-state index in [4.69, 9.17) is 16.3 Å². The molecule has 6 heteroatoms. The fraction of sp³-hybridized carbons (Fsp3) is 0.556. The van der Waals surface area contributed by atoms with Crippen molar-refractivity contribution in [3.8, 4) is 0 Å². The number of halogens is 1. The van der Waals surface area contributed by atoms with Gasteiger partial charge in [0.1, 0.15) is 12.4 Å². The fourth-order valence-corrected chi connectivity index (χ4v) is 3.69. The Morgan fingerprint density at radius 2 is 2.08 bits per heavy atom. The van der Waals surface area contributed by atoms with Crippen molar-refractivity contribution < 1.29 is 4.74 Å². The molecule has 24 heavy (non-hydrogen) atoms. The molecule has 0 bridgehead atoms. The first-order valence-electron chi connectivity index (χ1n) is 8.39. The van der Waals surface area contributed by atoms with Crippen LogP contribution in [0.4, 0.5) is 0 Å². The molecule has 0 amide bonds. The second kappa shape index (κ2) is 7.46. The molecule has 0 fully saturated rings. The molecule has 132 valence electrons. The van der Waals surface area contributed by atoms with Crippen molar-refractivity contribution in [2.24, 2.45) is 0 Å². The number of fused-ring (bicyclic) bond motifs is 1. The van der Waals surface area contributed by atoms with E-state index in [1.165, 1.54) is 18.4 Å². The highest BCUT2D eigenvalue weighted by atomic mass is 35.5. The van der Waals surface area contributed by atoms with Crippen LogP contribution in [0.15, 0.2) is 18.3 Å². The van der Waals surface area contributed by atoms with Crippen LogP contribution >= 0.6 is 21.6 Å². The van der Waals surface area contributed by atoms with Gasteiger partial charge in [0, 0.05) is 17.3 Å². The molecule has 0 radical (unpaired) electrons. The Balaban J connectivity index is 1.81. The molecule has 1 aliphatic carbocycles. The maximum atomic E-state index is 6.19. The van der Waals surface area contributed by atoms with E-state index in [2.05, 4.69) is 40.9 Å². The summed E-state index contributed by atoms with van der Waals surface area (Å²) in [6.45, 7) is 1.28. The standard InChI is InChI=1S/C18H26ClN3OS/c1-24(2,3)12-11-23-13-22-10-9-15-16(14-7-5-4-6-8-14)20-18(19)21-17(15)22/h7,9-10H,4-6,8,11-13H2,1-3H3. The largest absolute Gasteiger partial charge is 0.360 e. The second-order valence-electron chi connectivity index (χ2n) is 7.17. The van der Waals surface area contributed by atoms with Gasteiger partial charge in [0.25, 0.3) is 0 Å². The first kappa shape index (κ1) is 17.8. The smallest absolute Gasteiger partial charge is 0.224 e. The zero-order valence-electron chi connectivity index (χ0n) is 14.7. The number of nitrogens with zero attached hydrogens (tertiary/aromatic N) is 3. The maximum absolute atomic E-state index is 6.19. The van der Waals surface area contributed by atoms with Crippen LogP contribution in [-0.4, -0.2) is 45.7 Å². The minimum atomic E-state index is -0.524. The highest BCUT2D eigenvalue weighted by molar-refractivity contribution is 8.32. The van der Waals surface area contributed by atoms with Gasteiger partial charge in [-0.15, -0.1) is 0 Å². The van der Waals surface area contributed by atoms with E-state index in [1.807, 2.05) is 10.8 Å². The normalized spacial score (nSPS) is 16.4. The molecule has 3 rings (SSSR count). The molecule has 0 atom stereocenters. The van der Waals surface area contributed by atoms with Crippen molar-refractivity contribution in [3.05, 3.63) is 29.3 Å². The molecule has 0 spiro atoms. The monoisotopic (exact) mass is 367 g/mol. The van der Waals surface area contributed by atoms with E-state index in [9.17, 15) is 0 Å². The van der Waals surface area contributed by atoms with Crippen LogP contribution in [0.1, 0.15) is 31.4 Å². The van der Waals surface area contributed by atoms with Gasteiger partial charge in [-0.2, -0.15) is 4.98 Å². The summed E-state index contributed by atoms with van der Waals surface area (Å²) in [7, 11) is -0.524. The van der Waals surface area contributed by atoms with Crippen LogP contribution in [0.2, 0.25) is 5.28 Å². The van der Waals surface area contributed by atoms with Gasteiger partial charge in [-0.05, 0) is 67.7 Å². The lowest BCUT2D eigenvalue weighted by Gasteiger charge is -2.24. The number of rotatable bonds is 6. The van der Waals surface area contributed by atoms with Crippen molar-refractivity contribution in [2.45, 2.75) is 32.4 Å². The van der Waals surface area contributed by atoms with Crippen LogP contribution in [0, 0.1) is 0 Å². The van der Waals surface area contributed by atoms with Crippen LogP contribution in [0.3, 0.4) is 0 Å². The average Bonchev–Trinajstić information content (AvgIpc) is 2.93. The van der Waals surface area contributed by atoms with Crippen molar-refractivity contribution in [3.63, 3.8) is 0 Å². The number of aromatic nitrogens is 3. The minimum Gasteiger partial charge on any atom is -0.360 e. The van der Waals surface area contributed by atoms with E-state index in [0.717, 1.165) is 41.9 Å². The van der Waals surface area contributed by atoms with Crippen LogP contribution < -0.4 is 0 Å². The van der Waals surface area contributed by atoms with E-state index in [1.54, 1.807) is 0 Å². The zero-order chi connectivity index (χ0) is 17.2. The Bertz CT molecular complexity index is 749. The van der Waals surface area contributed by atoms with Gasteiger partial charge in [0.05, 0.1) is 12.3 Å². The Hall–Kier alpha value is -1.04. The van der Waals surface area contributed by atoms with E-state index >= 15 is 0 Å². The molecule has 4 nitrogen and oxygen atoms in total. The molecule has 2 aromatic rings. The molecular formula is C18H26ClN3OS. The first-order chi connectivity index (χ1) is 11.4. The summed E-state index contributed by atoms with van der Waals surface area (Å²) in [5, 5.41) is 1.38. The highest BCUT2D eigenvalue weighted by Gasteiger charge is 2.16. The first-order valence-corrected chi connectivity index (χ1v) is 11.8. The summed E-state index contributed by atoms with van der Waals surface area (Å²) in [6.07, 6.45) is 15.9. The lowest BCUT2D eigenvalue weighted by atomic mass is 9.96. The van der Waals surface area contributed by atoms with Crippen LogP contribution in [-0.2, 0) is 11.5 Å². The van der Waals surface area contributed by atoms with Gasteiger partial charge in [0.15, 0.2) is 0 Å². The Labute approximate surface area is 150 Å². The van der Waals surface area contributed by atoms with E-state index in [-0.39, 0.29) is 0 Å². The van der Waals surface area contributed by atoms with Gasteiger partial charge in [-0.3, -0.25) is 0 Å². The predicted molar refractivity (Wildman–Crippen MR) is 105 cm³/mol. The molecule has 0 unspecified atom stereocenters. The lowest BCUT2D eigenvalue weighted by Crippen LogP contribution is -2.10. The van der Waals surface area contributed by atoms with Crippen molar-refractivity contribution in [2.75, 3.05) is 31.1 Å². The third-order valence-corrected chi connectivity index (χ3v) is 5.82. The van der Waals surface area contributed by atoms with Crippen LogP contribution in [0.5, 0.6) is 0 Å². The summed E-state index contributed by atoms with van der Waals surface area (Å²) >= 11 is 6.19. The molecule has 0 saturated heterocycles. The van der Waals surface area contributed by atoms with Gasteiger partial charge in [0.2, 0.25) is 5.28 Å². The number of hydrogen-bond donors (Lipinski definition) is 0. The SMILES string of the molecule is CS(C)(C)CCOCn1ccc2c(C3=CCCCC3)nc(Cl)nc21. The summed E-state index contributed by atoms with van der Waals surface area (Å²) in [4.78, 5) is 8.94. The third-order valence-electron chi connectivity index (χ3n) is 4.26. The molecule has 2 aromatic heterocycles. The predicted octanol–water partition coefficient (Wildman–Crippen LogP) is 4.71. The van der Waals surface area contributed by atoms with Crippen molar-refractivity contribution in [1.82, 2.24) is 14.5 Å². The van der Waals surface area contributed by atoms with E-state index < -0.39 is 10.0 Å². The zero-order valence-corrected chi connectivity index (χ0v) is 16.3. The number of ether oxygens (including phenoxy) is 1. The van der Waals surface area contributed by atoms with Gasteiger partial charge < -0.3 is 9.30 Å². The van der Waals surface area contributed by atoms with Crippen LogP contribution in [0.25, 0.3) is 16.6 Å². The summed E-state index contributed by atoms with van der Waals surface area (Å²) in [6, 6.07) is 2.08. The second-order valence-corrected chi connectivity index (χ2v) is 12.1. The third kappa shape index (κ3) is 4.32. The molecule has 0 aromatic carbocycles. The fourth-order valence-electron chi connectivity index (χ4n) is 2.91. The quantitative estimate of drug-likeness (QED) is 0.548. The lowest BCUT2D eigenvalue weighted by molar-refractivity contribution is 0.0923. The molecule has 1 aliphatic rings. The molecule has 0 N–H and O–H groups in total. The Morgan fingerprint density at radius 1 is 1.25 bits per heavy atom. The van der Waals surface area contributed by atoms with E-state index in [0.29, 0.717) is 12.0 Å². The highest BCUT2D eigenvalue weighted by Crippen LogP contribution is 2.34. The van der Waals surface area contributed by atoms with Crippen molar-refractivity contribution >= 4 is 38.2 Å². The molecule has 0 saturated carbocycles. The summed E-state index contributed by atoms with van der Waals surface area (Å²) in [5.41, 5.74) is 3.15. The minimum absolute atomic E-state index is 0.308. The van der Waals surface area contributed by atoms with Gasteiger partial charge >= 0.3 is 0 Å². The summed E-state index contributed by atoms with van der Waals surface area (Å²) in [5.74, 6) is 1.11. The molecular weight excluding hydrogens is 342 g/mol. The Kier molecular flexibility index (Phi) is 5.52. The van der Waals surface area contributed by atoms with Gasteiger partial charge in [-0.25, -0.2) is 15.0 Å². The van der Waals surface area contributed by atoms with Gasteiger partial charge in [-0.1, -0.05) is 6.08 Å². The Morgan fingerprint density at radius 3 is 2.79 bits per heavy atom. The van der Waals surface area contributed by atoms with Crippen molar-refractivity contribution in [1.29, 1.82) is 0 Å². The molecule has 0 aliphatic heterocycles. The molecule has 2 heterocycles. The maximum Gasteiger partial charge on any atom is 0.224 e. The summed E-state index contributed by atoms with van der Waals surface area (Å²) < 4.78 is 7.87.